The van der Waals surface area contributed by atoms with E-state index in [0.717, 1.165) is 11.1 Å². The Morgan fingerprint density at radius 2 is 1.87 bits per heavy atom. The summed E-state index contributed by atoms with van der Waals surface area (Å²) in [5.41, 5.74) is 1.45. The lowest BCUT2D eigenvalue weighted by molar-refractivity contribution is -0.154. The third kappa shape index (κ3) is 2.94. The Labute approximate surface area is 90.6 Å². The van der Waals surface area contributed by atoms with Crippen molar-refractivity contribution in [1.82, 2.24) is 0 Å². The molecule has 0 bridgehead atoms. The lowest BCUT2D eigenvalue weighted by atomic mass is 9.97. The van der Waals surface area contributed by atoms with Crippen LogP contribution in [0.5, 0.6) is 0 Å². The van der Waals surface area contributed by atoms with Crippen LogP contribution in [-0.4, -0.2) is 5.97 Å². The average Bonchev–Trinajstić information content (AvgIpc) is 2.16. The maximum atomic E-state index is 10.9. The molecule has 0 saturated carbocycles. The molecule has 0 heterocycles. The van der Waals surface area contributed by atoms with Crippen LogP contribution in [-0.2, 0) is 15.1 Å². The van der Waals surface area contributed by atoms with Crippen molar-refractivity contribution in [3.63, 3.8) is 0 Å². The molecule has 0 aliphatic carbocycles. The fourth-order valence-corrected chi connectivity index (χ4v) is 1.44. The first-order chi connectivity index (χ1) is 6.95. The SMILES string of the molecule is C=Cc1ccc(C(C)(C)OC(C)=O)cc1. The molecule has 2 nitrogen and oxygen atoms in total. The molecule has 0 atom stereocenters. The Hall–Kier alpha value is -1.57. The van der Waals surface area contributed by atoms with Gasteiger partial charge in [-0.15, -0.1) is 0 Å². The van der Waals surface area contributed by atoms with Crippen molar-refractivity contribution in [1.29, 1.82) is 0 Å². The van der Waals surface area contributed by atoms with E-state index in [1.54, 1.807) is 6.08 Å². The van der Waals surface area contributed by atoms with Gasteiger partial charge in [0.25, 0.3) is 0 Å². The number of hydrogen-bond acceptors (Lipinski definition) is 2. The first-order valence-corrected chi connectivity index (χ1v) is 4.88. The molecular formula is C13H16O2. The number of rotatable bonds is 3. The van der Waals surface area contributed by atoms with Crippen molar-refractivity contribution >= 4 is 12.0 Å². The fraction of sp³-hybridized carbons (Fsp3) is 0.308. The van der Waals surface area contributed by atoms with Crippen molar-refractivity contribution in [3.8, 4) is 0 Å². The molecule has 0 aliphatic heterocycles. The summed E-state index contributed by atoms with van der Waals surface area (Å²) in [6.07, 6.45) is 1.78. The third-order valence-electron chi connectivity index (χ3n) is 2.24. The Balaban J connectivity index is 2.94. The minimum absolute atomic E-state index is 0.271. The summed E-state index contributed by atoms with van der Waals surface area (Å²) >= 11 is 0. The molecule has 0 N–H and O–H groups in total. The van der Waals surface area contributed by atoms with Crippen LogP contribution in [0.25, 0.3) is 6.08 Å². The minimum Gasteiger partial charge on any atom is -0.455 e. The molecule has 0 radical (unpaired) electrons. The van der Waals surface area contributed by atoms with Gasteiger partial charge in [0.05, 0.1) is 0 Å². The van der Waals surface area contributed by atoms with Crippen LogP contribution >= 0.6 is 0 Å². The lowest BCUT2D eigenvalue weighted by Crippen LogP contribution is -2.24. The summed E-state index contributed by atoms with van der Waals surface area (Å²) in [4.78, 5) is 10.9. The lowest BCUT2D eigenvalue weighted by Gasteiger charge is -2.24. The van der Waals surface area contributed by atoms with Gasteiger partial charge in [0.15, 0.2) is 0 Å². The zero-order valence-corrected chi connectivity index (χ0v) is 9.41. The van der Waals surface area contributed by atoms with Gasteiger partial charge in [-0.2, -0.15) is 0 Å². The molecule has 1 rings (SSSR count). The van der Waals surface area contributed by atoms with Gasteiger partial charge in [-0.25, -0.2) is 0 Å². The topological polar surface area (TPSA) is 26.3 Å². The summed E-state index contributed by atoms with van der Waals surface area (Å²) in [5, 5.41) is 0. The zero-order chi connectivity index (χ0) is 11.5. The predicted octanol–water partition coefficient (Wildman–Crippen LogP) is 3.13. The largest absolute Gasteiger partial charge is 0.455 e. The molecule has 0 unspecified atom stereocenters. The first kappa shape index (κ1) is 11.5. The maximum absolute atomic E-state index is 10.9. The molecule has 1 aromatic carbocycles. The van der Waals surface area contributed by atoms with Gasteiger partial charge in [0.2, 0.25) is 0 Å². The second-order valence-electron chi connectivity index (χ2n) is 3.93. The number of carbonyl (C=O) groups excluding carboxylic acids is 1. The first-order valence-electron chi connectivity index (χ1n) is 4.88. The van der Waals surface area contributed by atoms with Crippen molar-refractivity contribution in [3.05, 3.63) is 42.0 Å². The third-order valence-corrected chi connectivity index (χ3v) is 2.24. The summed E-state index contributed by atoms with van der Waals surface area (Å²) in [7, 11) is 0. The maximum Gasteiger partial charge on any atom is 0.303 e. The Bertz CT molecular complexity index is 361. The van der Waals surface area contributed by atoms with Crippen LogP contribution in [0.1, 0.15) is 31.9 Å². The van der Waals surface area contributed by atoms with Crippen LogP contribution in [0.4, 0.5) is 0 Å². The highest BCUT2D eigenvalue weighted by molar-refractivity contribution is 5.66. The number of esters is 1. The number of benzene rings is 1. The van der Waals surface area contributed by atoms with Crippen LogP contribution in [0.3, 0.4) is 0 Å². The number of carbonyl (C=O) groups is 1. The molecule has 2 heteroatoms. The fourth-order valence-electron chi connectivity index (χ4n) is 1.44. The van der Waals surface area contributed by atoms with Crippen LogP contribution in [0, 0.1) is 0 Å². The number of ether oxygens (including phenoxy) is 1. The van der Waals surface area contributed by atoms with Crippen molar-refractivity contribution in [2.24, 2.45) is 0 Å². The van der Waals surface area contributed by atoms with Crippen molar-refractivity contribution in [2.75, 3.05) is 0 Å². The summed E-state index contributed by atoms with van der Waals surface area (Å²) in [6.45, 7) is 8.85. The Morgan fingerprint density at radius 3 is 2.27 bits per heavy atom. The van der Waals surface area contributed by atoms with Gasteiger partial charge < -0.3 is 4.74 Å². The van der Waals surface area contributed by atoms with E-state index >= 15 is 0 Å². The van der Waals surface area contributed by atoms with E-state index in [1.165, 1.54) is 6.92 Å². The second-order valence-corrected chi connectivity index (χ2v) is 3.93. The van der Waals surface area contributed by atoms with E-state index in [1.807, 2.05) is 38.1 Å². The van der Waals surface area contributed by atoms with E-state index in [2.05, 4.69) is 6.58 Å². The predicted molar refractivity (Wildman–Crippen MR) is 61.3 cm³/mol. The molecule has 0 aliphatic rings. The normalized spacial score (nSPS) is 10.9. The molecule has 0 aromatic heterocycles. The van der Waals surface area contributed by atoms with Gasteiger partial charge in [-0.1, -0.05) is 36.9 Å². The van der Waals surface area contributed by atoms with Gasteiger partial charge in [-0.3, -0.25) is 4.79 Å². The molecule has 0 amide bonds. The minimum atomic E-state index is -0.578. The smallest absolute Gasteiger partial charge is 0.303 e. The Kier molecular flexibility index (Phi) is 3.30. The highest BCUT2D eigenvalue weighted by atomic mass is 16.6. The summed E-state index contributed by atoms with van der Waals surface area (Å²) in [5.74, 6) is -0.271. The highest BCUT2D eigenvalue weighted by Crippen LogP contribution is 2.25. The highest BCUT2D eigenvalue weighted by Gasteiger charge is 2.23. The standard InChI is InChI=1S/C13H16O2/c1-5-11-6-8-12(9-7-11)13(3,4)15-10(2)14/h5-9H,1H2,2-4H3. The van der Waals surface area contributed by atoms with Crippen LogP contribution in [0.2, 0.25) is 0 Å². The number of hydrogen-bond donors (Lipinski definition) is 0. The van der Waals surface area contributed by atoms with E-state index in [-0.39, 0.29) is 5.97 Å². The Morgan fingerprint density at radius 1 is 1.33 bits per heavy atom. The molecule has 80 valence electrons. The molecule has 15 heavy (non-hydrogen) atoms. The van der Waals surface area contributed by atoms with Crippen LogP contribution < -0.4 is 0 Å². The second kappa shape index (κ2) is 4.30. The molecular weight excluding hydrogens is 188 g/mol. The van der Waals surface area contributed by atoms with Crippen LogP contribution in [0.15, 0.2) is 30.8 Å². The average molecular weight is 204 g/mol. The van der Waals surface area contributed by atoms with Crippen molar-refractivity contribution in [2.45, 2.75) is 26.4 Å². The molecule has 0 saturated heterocycles. The molecule has 0 spiro atoms. The van der Waals surface area contributed by atoms with Gasteiger partial charge in [-0.05, 0) is 25.0 Å². The van der Waals surface area contributed by atoms with Gasteiger partial charge in [0, 0.05) is 6.92 Å². The van der Waals surface area contributed by atoms with E-state index in [4.69, 9.17) is 4.74 Å². The monoisotopic (exact) mass is 204 g/mol. The van der Waals surface area contributed by atoms with E-state index < -0.39 is 5.60 Å². The summed E-state index contributed by atoms with van der Waals surface area (Å²) in [6, 6.07) is 7.79. The quantitative estimate of drug-likeness (QED) is 0.707. The van der Waals surface area contributed by atoms with Gasteiger partial charge in [0.1, 0.15) is 5.60 Å². The molecule has 1 aromatic rings. The zero-order valence-electron chi connectivity index (χ0n) is 9.41. The summed E-state index contributed by atoms with van der Waals surface area (Å²) < 4.78 is 5.23. The van der Waals surface area contributed by atoms with Crippen molar-refractivity contribution < 1.29 is 9.53 Å². The van der Waals surface area contributed by atoms with E-state index in [9.17, 15) is 4.79 Å². The molecule has 0 fully saturated rings. The van der Waals surface area contributed by atoms with E-state index in [0.29, 0.717) is 0 Å². The van der Waals surface area contributed by atoms with Gasteiger partial charge >= 0.3 is 5.97 Å².